The highest BCUT2D eigenvalue weighted by atomic mass is 32.1. The number of ether oxygens (including phenoxy) is 1. The van der Waals surface area contributed by atoms with Gasteiger partial charge < -0.3 is 14.5 Å². The molecule has 0 bridgehead atoms. The Kier molecular flexibility index (Phi) is 7.04. The minimum Gasteiger partial charge on any atom is -0.452 e. The molecule has 1 aliphatic rings. The van der Waals surface area contributed by atoms with Crippen LogP contribution in [-0.4, -0.2) is 48.4 Å². The van der Waals surface area contributed by atoms with E-state index in [0.29, 0.717) is 37.4 Å². The Morgan fingerprint density at radius 2 is 1.83 bits per heavy atom. The van der Waals surface area contributed by atoms with Crippen molar-refractivity contribution in [1.29, 1.82) is 0 Å². The third-order valence-electron chi connectivity index (χ3n) is 5.14. The van der Waals surface area contributed by atoms with Crippen molar-refractivity contribution >= 4 is 34.8 Å². The molecular weight excluding hydrogens is 388 g/mol. The molecule has 1 saturated heterocycles. The molecule has 0 spiro atoms. The maximum atomic E-state index is 12.8. The molecule has 0 unspecified atom stereocenters. The number of anilines is 1. The zero-order valence-electron chi connectivity index (χ0n) is 16.7. The van der Waals surface area contributed by atoms with Gasteiger partial charge in [0.05, 0.1) is 10.8 Å². The van der Waals surface area contributed by atoms with Gasteiger partial charge >= 0.3 is 5.97 Å². The number of para-hydroxylation sites is 1. The first-order valence-corrected chi connectivity index (χ1v) is 10.8. The van der Waals surface area contributed by atoms with E-state index in [4.69, 9.17) is 4.74 Å². The van der Waals surface area contributed by atoms with Gasteiger partial charge in [-0.05, 0) is 50.3 Å². The summed E-state index contributed by atoms with van der Waals surface area (Å²) in [5.41, 5.74) is 0.781. The van der Waals surface area contributed by atoms with E-state index in [1.165, 1.54) is 11.3 Å². The van der Waals surface area contributed by atoms with Crippen LogP contribution in [0.5, 0.6) is 0 Å². The van der Waals surface area contributed by atoms with Crippen LogP contribution in [0.2, 0.25) is 0 Å². The molecule has 7 heteroatoms. The summed E-state index contributed by atoms with van der Waals surface area (Å²) in [6.07, 6.45) is 0.244. The Labute approximate surface area is 175 Å². The third-order valence-corrected chi connectivity index (χ3v) is 6.00. The molecule has 1 aromatic heterocycles. The highest BCUT2D eigenvalue weighted by molar-refractivity contribution is 7.12. The number of hydrogen-bond acceptors (Lipinski definition) is 5. The lowest BCUT2D eigenvalue weighted by Gasteiger charge is -2.31. The van der Waals surface area contributed by atoms with E-state index in [1.54, 1.807) is 16.7 Å². The van der Waals surface area contributed by atoms with Gasteiger partial charge in [0.15, 0.2) is 6.10 Å². The second-order valence-electron chi connectivity index (χ2n) is 7.04. The standard InChI is InChI=1S/C22H26N2O4S/c1-3-24(18-8-5-4-6-9-18)20(25)16(2)28-22(27)17-11-13-23(14-12-17)21(26)19-10-7-15-29-19/h4-10,15-17H,3,11-14H2,1-2H3/t16-/m0/s1. The molecule has 2 aromatic rings. The predicted octanol–water partition coefficient (Wildman–Crippen LogP) is 3.59. The number of rotatable bonds is 6. The van der Waals surface area contributed by atoms with Gasteiger partial charge in [-0.25, -0.2) is 0 Å². The maximum Gasteiger partial charge on any atom is 0.309 e. The fourth-order valence-corrected chi connectivity index (χ4v) is 4.18. The van der Waals surface area contributed by atoms with Crippen LogP contribution < -0.4 is 4.90 Å². The van der Waals surface area contributed by atoms with E-state index in [9.17, 15) is 14.4 Å². The minimum atomic E-state index is -0.853. The molecule has 1 fully saturated rings. The summed E-state index contributed by atoms with van der Waals surface area (Å²) in [6, 6.07) is 13.0. The van der Waals surface area contributed by atoms with Crippen molar-refractivity contribution in [2.24, 2.45) is 5.92 Å². The highest BCUT2D eigenvalue weighted by Gasteiger charge is 2.32. The van der Waals surface area contributed by atoms with Crippen molar-refractivity contribution in [3.63, 3.8) is 0 Å². The summed E-state index contributed by atoms with van der Waals surface area (Å²) in [6.45, 7) is 5.03. The summed E-state index contributed by atoms with van der Waals surface area (Å²) in [5.74, 6) is -0.878. The lowest BCUT2D eigenvalue weighted by atomic mass is 9.97. The number of carbonyl (C=O) groups is 3. The number of likely N-dealkylation sites (tertiary alicyclic amines) is 1. The predicted molar refractivity (Wildman–Crippen MR) is 113 cm³/mol. The average Bonchev–Trinajstić information content (AvgIpc) is 3.29. The molecule has 29 heavy (non-hydrogen) atoms. The zero-order valence-corrected chi connectivity index (χ0v) is 17.6. The summed E-state index contributed by atoms with van der Waals surface area (Å²) < 4.78 is 5.49. The van der Waals surface area contributed by atoms with Crippen molar-refractivity contribution in [2.75, 3.05) is 24.5 Å². The molecule has 3 rings (SSSR count). The van der Waals surface area contributed by atoms with Gasteiger partial charge in [-0.15, -0.1) is 11.3 Å². The Morgan fingerprint density at radius 3 is 2.41 bits per heavy atom. The van der Waals surface area contributed by atoms with Crippen LogP contribution in [0.3, 0.4) is 0 Å². The number of thiophene rings is 1. The van der Waals surface area contributed by atoms with Crippen molar-refractivity contribution in [3.8, 4) is 0 Å². The largest absolute Gasteiger partial charge is 0.452 e. The van der Waals surface area contributed by atoms with Crippen LogP contribution >= 0.6 is 11.3 Å². The van der Waals surface area contributed by atoms with Gasteiger partial charge in [0, 0.05) is 25.3 Å². The van der Waals surface area contributed by atoms with Gasteiger partial charge in [-0.1, -0.05) is 24.3 Å². The normalized spacial score (nSPS) is 15.6. The lowest BCUT2D eigenvalue weighted by Crippen LogP contribution is -2.43. The number of amides is 2. The summed E-state index contributed by atoms with van der Waals surface area (Å²) in [4.78, 5) is 41.9. The molecule has 6 nitrogen and oxygen atoms in total. The molecule has 154 valence electrons. The minimum absolute atomic E-state index is 0.0109. The number of esters is 1. The maximum absolute atomic E-state index is 12.8. The first-order chi connectivity index (χ1) is 14.0. The molecule has 0 aliphatic carbocycles. The van der Waals surface area contributed by atoms with E-state index in [-0.39, 0.29) is 23.7 Å². The third kappa shape index (κ3) is 5.03. The topological polar surface area (TPSA) is 66.9 Å². The van der Waals surface area contributed by atoms with Gasteiger partial charge in [-0.2, -0.15) is 0 Å². The van der Waals surface area contributed by atoms with E-state index < -0.39 is 6.10 Å². The van der Waals surface area contributed by atoms with Crippen molar-refractivity contribution in [3.05, 3.63) is 52.7 Å². The number of likely N-dealkylation sites (N-methyl/N-ethyl adjacent to an activating group) is 1. The SMILES string of the molecule is CCN(C(=O)[C@H](C)OC(=O)C1CCN(C(=O)c2cccs2)CC1)c1ccccc1. The fraction of sp³-hybridized carbons (Fsp3) is 0.409. The van der Waals surface area contributed by atoms with Crippen LogP contribution in [0.25, 0.3) is 0 Å². The number of benzene rings is 1. The van der Waals surface area contributed by atoms with E-state index in [2.05, 4.69) is 0 Å². The smallest absolute Gasteiger partial charge is 0.309 e. The Hall–Kier alpha value is -2.67. The second kappa shape index (κ2) is 9.69. The molecule has 1 aromatic carbocycles. The van der Waals surface area contributed by atoms with Crippen LogP contribution in [0.4, 0.5) is 5.69 Å². The Morgan fingerprint density at radius 1 is 1.14 bits per heavy atom. The number of piperidine rings is 1. The summed E-state index contributed by atoms with van der Waals surface area (Å²) in [5, 5.41) is 1.88. The lowest BCUT2D eigenvalue weighted by molar-refractivity contribution is -0.159. The monoisotopic (exact) mass is 414 g/mol. The Bertz CT molecular complexity index is 830. The number of nitrogens with zero attached hydrogens (tertiary/aromatic N) is 2. The first-order valence-electron chi connectivity index (χ1n) is 9.91. The van der Waals surface area contributed by atoms with Crippen LogP contribution in [0.15, 0.2) is 47.8 Å². The van der Waals surface area contributed by atoms with Crippen molar-refractivity contribution in [2.45, 2.75) is 32.8 Å². The average molecular weight is 415 g/mol. The fourth-order valence-electron chi connectivity index (χ4n) is 3.49. The first kappa shape index (κ1) is 21.0. The quantitative estimate of drug-likeness (QED) is 0.678. The van der Waals surface area contributed by atoms with E-state index >= 15 is 0 Å². The van der Waals surface area contributed by atoms with Crippen LogP contribution in [0.1, 0.15) is 36.4 Å². The highest BCUT2D eigenvalue weighted by Crippen LogP contribution is 2.23. The molecule has 0 radical (unpaired) electrons. The molecule has 1 aliphatic heterocycles. The zero-order chi connectivity index (χ0) is 20.8. The molecule has 0 saturated carbocycles. The molecular formula is C22H26N2O4S. The van der Waals surface area contributed by atoms with Gasteiger partial charge in [0.25, 0.3) is 11.8 Å². The summed E-state index contributed by atoms with van der Waals surface area (Å²) in [7, 11) is 0. The molecule has 2 heterocycles. The van der Waals surface area contributed by atoms with Gasteiger partial charge in [0.1, 0.15) is 0 Å². The van der Waals surface area contributed by atoms with Gasteiger partial charge in [-0.3, -0.25) is 14.4 Å². The second-order valence-corrected chi connectivity index (χ2v) is 7.99. The van der Waals surface area contributed by atoms with Crippen molar-refractivity contribution < 1.29 is 19.1 Å². The van der Waals surface area contributed by atoms with Crippen LogP contribution in [0, 0.1) is 5.92 Å². The number of hydrogen-bond donors (Lipinski definition) is 0. The van der Waals surface area contributed by atoms with Crippen molar-refractivity contribution in [1.82, 2.24) is 4.90 Å². The van der Waals surface area contributed by atoms with Crippen LogP contribution in [-0.2, 0) is 14.3 Å². The molecule has 2 amide bonds. The number of carbonyl (C=O) groups excluding carboxylic acids is 3. The molecule has 1 atom stereocenters. The summed E-state index contributed by atoms with van der Waals surface area (Å²) >= 11 is 1.42. The van der Waals surface area contributed by atoms with E-state index in [0.717, 1.165) is 5.69 Å². The Balaban J connectivity index is 1.52. The van der Waals surface area contributed by atoms with E-state index in [1.807, 2.05) is 54.8 Å². The molecule has 0 N–H and O–H groups in total. The van der Waals surface area contributed by atoms with Gasteiger partial charge in [0.2, 0.25) is 0 Å².